The van der Waals surface area contributed by atoms with E-state index in [0.29, 0.717) is 17.9 Å². The third kappa shape index (κ3) is 4.04. The Hall–Kier alpha value is -1.89. The molecule has 1 aromatic carbocycles. The van der Waals surface area contributed by atoms with Crippen LogP contribution in [0.1, 0.15) is 43.2 Å². The number of halogens is 2. The summed E-state index contributed by atoms with van der Waals surface area (Å²) >= 11 is 0. The molecule has 1 aromatic rings. The van der Waals surface area contributed by atoms with E-state index in [1.54, 1.807) is 6.07 Å². The van der Waals surface area contributed by atoms with Gasteiger partial charge in [0.25, 0.3) is 0 Å². The molecule has 0 aromatic heterocycles. The van der Waals surface area contributed by atoms with Gasteiger partial charge in [0.2, 0.25) is 0 Å². The Bertz CT molecular complexity index is 519. The molecule has 2 nitrogen and oxygen atoms in total. The molecule has 0 aliphatic heterocycles. The van der Waals surface area contributed by atoms with E-state index in [9.17, 15) is 8.78 Å². The maximum Gasteiger partial charge on any atom is 0.144 e. The van der Waals surface area contributed by atoms with Crippen LogP contribution >= 0.6 is 0 Å². The number of aryl methyl sites for hydroxylation is 1. The number of benzene rings is 1. The SMILES string of the molecule is C=COC1CCC(CCc2cc(F)c(C#N)c(F)c2)CC1. The van der Waals surface area contributed by atoms with Crippen LogP contribution < -0.4 is 0 Å². The quantitative estimate of drug-likeness (QED) is 0.749. The van der Waals surface area contributed by atoms with E-state index in [1.165, 1.54) is 18.4 Å². The van der Waals surface area contributed by atoms with Crippen molar-refractivity contribution in [2.75, 3.05) is 0 Å². The minimum Gasteiger partial charge on any atom is -0.499 e. The van der Waals surface area contributed by atoms with Crippen molar-refractivity contribution in [3.05, 3.63) is 47.7 Å². The number of nitriles is 1. The molecule has 0 radical (unpaired) electrons. The molecule has 1 fully saturated rings. The highest BCUT2D eigenvalue weighted by molar-refractivity contribution is 5.35. The molecular formula is C17H19F2NO. The first-order valence-corrected chi connectivity index (χ1v) is 7.28. The first-order valence-electron chi connectivity index (χ1n) is 7.28. The molecular weight excluding hydrogens is 272 g/mol. The van der Waals surface area contributed by atoms with Gasteiger partial charge in [-0.05, 0) is 62.1 Å². The molecule has 0 spiro atoms. The van der Waals surface area contributed by atoms with Crippen LogP contribution in [0.2, 0.25) is 0 Å². The van der Waals surface area contributed by atoms with Gasteiger partial charge in [-0.15, -0.1) is 0 Å². The first-order chi connectivity index (χ1) is 10.1. The van der Waals surface area contributed by atoms with Gasteiger partial charge in [-0.2, -0.15) is 5.26 Å². The second-order valence-corrected chi connectivity index (χ2v) is 5.53. The van der Waals surface area contributed by atoms with Crippen molar-refractivity contribution in [3.63, 3.8) is 0 Å². The van der Waals surface area contributed by atoms with Crippen LogP contribution in [0.4, 0.5) is 8.78 Å². The second kappa shape index (κ2) is 7.21. The molecule has 112 valence electrons. The summed E-state index contributed by atoms with van der Waals surface area (Å²) < 4.78 is 32.4. The topological polar surface area (TPSA) is 33.0 Å². The van der Waals surface area contributed by atoms with Crippen molar-refractivity contribution in [1.82, 2.24) is 0 Å². The lowest BCUT2D eigenvalue weighted by Gasteiger charge is -2.27. The Morgan fingerprint density at radius 1 is 1.24 bits per heavy atom. The van der Waals surface area contributed by atoms with Crippen LogP contribution in [0.5, 0.6) is 0 Å². The Kier molecular flexibility index (Phi) is 5.32. The van der Waals surface area contributed by atoms with Gasteiger partial charge in [-0.3, -0.25) is 0 Å². The van der Waals surface area contributed by atoms with Crippen molar-refractivity contribution in [3.8, 4) is 6.07 Å². The molecule has 1 saturated carbocycles. The van der Waals surface area contributed by atoms with Crippen molar-refractivity contribution in [1.29, 1.82) is 5.26 Å². The summed E-state index contributed by atoms with van der Waals surface area (Å²) in [6.07, 6.45) is 7.46. The highest BCUT2D eigenvalue weighted by atomic mass is 19.1. The average molecular weight is 291 g/mol. The van der Waals surface area contributed by atoms with E-state index in [1.807, 2.05) is 0 Å². The van der Waals surface area contributed by atoms with Gasteiger partial charge in [-0.1, -0.05) is 6.58 Å². The number of ether oxygens (including phenoxy) is 1. The van der Waals surface area contributed by atoms with Crippen molar-refractivity contribution in [2.24, 2.45) is 5.92 Å². The summed E-state index contributed by atoms with van der Waals surface area (Å²) in [5.41, 5.74) is 0.120. The van der Waals surface area contributed by atoms with Gasteiger partial charge in [0, 0.05) is 0 Å². The number of rotatable bonds is 5. The van der Waals surface area contributed by atoms with Gasteiger partial charge < -0.3 is 4.74 Å². The largest absolute Gasteiger partial charge is 0.499 e. The third-order valence-corrected chi connectivity index (χ3v) is 4.14. The Balaban J connectivity index is 1.87. The fourth-order valence-electron chi connectivity index (χ4n) is 2.94. The van der Waals surface area contributed by atoms with Crippen LogP contribution in [-0.2, 0) is 11.2 Å². The van der Waals surface area contributed by atoms with E-state index >= 15 is 0 Å². The molecule has 0 heterocycles. The third-order valence-electron chi connectivity index (χ3n) is 4.14. The van der Waals surface area contributed by atoms with E-state index in [-0.39, 0.29) is 6.10 Å². The maximum absolute atomic E-state index is 13.5. The van der Waals surface area contributed by atoms with Crippen molar-refractivity contribution < 1.29 is 13.5 Å². The van der Waals surface area contributed by atoms with Gasteiger partial charge in [0.1, 0.15) is 23.3 Å². The predicted molar refractivity (Wildman–Crippen MR) is 76.4 cm³/mol. The normalized spacial score (nSPS) is 21.6. The van der Waals surface area contributed by atoms with Crippen molar-refractivity contribution in [2.45, 2.75) is 44.6 Å². The van der Waals surface area contributed by atoms with Gasteiger partial charge >= 0.3 is 0 Å². The zero-order chi connectivity index (χ0) is 15.2. The van der Waals surface area contributed by atoms with Crippen LogP contribution in [0, 0.1) is 28.9 Å². The maximum atomic E-state index is 13.5. The molecule has 0 unspecified atom stereocenters. The predicted octanol–water partition coefficient (Wildman–Crippen LogP) is 4.49. The van der Waals surface area contributed by atoms with Crippen LogP contribution in [-0.4, -0.2) is 6.10 Å². The fraction of sp³-hybridized carbons (Fsp3) is 0.471. The minimum absolute atomic E-state index is 0.267. The highest BCUT2D eigenvalue weighted by Gasteiger charge is 2.21. The number of hydrogen-bond acceptors (Lipinski definition) is 2. The first kappa shape index (κ1) is 15.5. The Morgan fingerprint density at radius 3 is 2.38 bits per heavy atom. The highest BCUT2D eigenvalue weighted by Crippen LogP contribution is 2.30. The fourth-order valence-corrected chi connectivity index (χ4v) is 2.94. The van der Waals surface area contributed by atoms with Gasteiger partial charge in [0.05, 0.1) is 12.4 Å². The summed E-state index contributed by atoms with van der Waals surface area (Å²) in [7, 11) is 0. The standard InChI is InChI=1S/C17H19F2NO/c1-2-21-14-7-5-12(6-8-14)3-4-13-9-16(18)15(11-20)17(19)10-13/h2,9-10,12,14H,1,3-8H2. The summed E-state index contributed by atoms with van der Waals surface area (Å²) in [4.78, 5) is 0. The Labute approximate surface area is 124 Å². The number of hydrogen-bond donors (Lipinski definition) is 0. The van der Waals surface area contributed by atoms with Crippen LogP contribution in [0.15, 0.2) is 25.0 Å². The molecule has 0 atom stereocenters. The minimum atomic E-state index is -0.768. The van der Waals surface area contributed by atoms with E-state index < -0.39 is 17.2 Å². The number of nitrogens with zero attached hydrogens (tertiary/aromatic N) is 1. The summed E-state index contributed by atoms with van der Waals surface area (Å²) in [6.45, 7) is 3.56. The lowest BCUT2D eigenvalue weighted by Crippen LogP contribution is -2.20. The molecule has 4 heteroatoms. The molecule has 0 amide bonds. The van der Waals surface area contributed by atoms with E-state index in [4.69, 9.17) is 10.00 Å². The molecule has 1 aliphatic carbocycles. The average Bonchev–Trinajstić information content (AvgIpc) is 2.47. The summed E-state index contributed by atoms with van der Waals surface area (Å²) in [5.74, 6) is -0.970. The second-order valence-electron chi connectivity index (χ2n) is 5.53. The summed E-state index contributed by atoms with van der Waals surface area (Å²) in [6, 6.07) is 4.08. The van der Waals surface area contributed by atoms with E-state index in [0.717, 1.165) is 32.1 Å². The van der Waals surface area contributed by atoms with Crippen LogP contribution in [0.3, 0.4) is 0 Å². The van der Waals surface area contributed by atoms with Crippen molar-refractivity contribution >= 4 is 0 Å². The molecule has 0 saturated heterocycles. The van der Waals surface area contributed by atoms with Gasteiger partial charge in [0.15, 0.2) is 0 Å². The molecule has 1 aliphatic rings. The zero-order valence-corrected chi connectivity index (χ0v) is 11.9. The molecule has 0 N–H and O–H groups in total. The summed E-state index contributed by atoms with van der Waals surface area (Å²) in [5, 5.41) is 8.64. The zero-order valence-electron chi connectivity index (χ0n) is 11.9. The van der Waals surface area contributed by atoms with Crippen LogP contribution in [0.25, 0.3) is 0 Å². The monoisotopic (exact) mass is 291 g/mol. The van der Waals surface area contributed by atoms with Gasteiger partial charge in [-0.25, -0.2) is 8.78 Å². The van der Waals surface area contributed by atoms with E-state index in [2.05, 4.69) is 6.58 Å². The smallest absolute Gasteiger partial charge is 0.144 e. The molecule has 2 rings (SSSR count). The lowest BCUT2D eigenvalue weighted by atomic mass is 9.83. The lowest BCUT2D eigenvalue weighted by molar-refractivity contribution is 0.0872. The molecule has 0 bridgehead atoms. The molecule has 21 heavy (non-hydrogen) atoms. The Morgan fingerprint density at radius 2 is 1.86 bits per heavy atom.